The second-order valence-electron chi connectivity index (χ2n) is 4.53. The molecule has 3 N–H and O–H groups in total. The number of nitrogens with one attached hydrogen (secondary N) is 1. The zero-order valence-corrected chi connectivity index (χ0v) is 10.7. The van der Waals surface area contributed by atoms with Crippen molar-refractivity contribution in [3.8, 4) is 0 Å². The number of nitrogen functional groups attached to an aromatic ring is 1. The van der Waals surface area contributed by atoms with Crippen molar-refractivity contribution in [3.05, 3.63) is 42.0 Å². The highest BCUT2D eigenvalue weighted by Crippen LogP contribution is 2.14. The molecule has 0 bridgehead atoms. The fourth-order valence-electron chi connectivity index (χ4n) is 1.63. The Morgan fingerprint density at radius 3 is 2.74 bits per heavy atom. The highest BCUT2D eigenvalue weighted by molar-refractivity contribution is 6.04. The number of hydrogen-bond donors (Lipinski definition) is 2. The average molecular weight is 262 g/mol. The van der Waals surface area contributed by atoms with E-state index in [1.807, 2.05) is 13.8 Å². The molecule has 1 heterocycles. The number of aromatic nitrogens is 2. The van der Waals surface area contributed by atoms with Crippen LogP contribution in [-0.2, 0) is 0 Å². The van der Waals surface area contributed by atoms with Crippen LogP contribution in [-0.4, -0.2) is 15.7 Å². The van der Waals surface area contributed by atoms with Crippen LogP contribution in [0.15, 0.2) is 30.6 Å². The van der Waals surface area contributed by atoms with Crippen molar-refractivity contribution >= 4 is 17.3 Å². The van der Waals surface area contributed by atoms with Crippen LogP contribution in [0.4, 0.5) is 15.8 Å². The Kier molecular flexibility index (Phi) is 3.50. The van der Waals surface area contributed by atoms with E-state index in [1.165, 1.54) is 6.07 Å². The van der Waals surface area contributed by atoms with Crippen molar-refractivity contribution < 1.29 is 9.18 Å². The van der Waals surface area contributed by atoms with Crippen molar-refractivity contribution in [2.75, 3.05) is 11.1 Å². The topological polar surface area (TPSA) is 72.9 Å². The highest BCUT2D eigenvalue weighted by Gasteiger charge is 2.10. The SMILES string of the molecule is CC(C)n1cc(NC(=O)c2cc(N)cc(F)c2)cn1. The van der Waals surface area contributed by atoms with Gasteiger partial charge in [-0.1, -0.05) is 0 Å². The standard InChI is InChI=1S/C13H15FN4O/c1-8(2)18-7-12(6-16-18)17-13(19)9-3-10(14)5-11(15)4-9/h3-8H,15H2,1-2H3,(H,17,19). The van der Waals surface area contributed by atoms with E-state index in [9.17, 15) is 9.18 Å². The normalized spacial score (nSPS) is 10.7. The van der Waals surface area contributed by atoms with Crippen LogP contribution in [0.2, 0.25) is 0 Å². The van der Waals surface area contributed by atoms with Crippen LogP contribution < -0.4 is 11.1 Å². The zero-order valence-electron chi connectivity index (χ0n) is 10.7. The third kappa shape index (κ3) is 3.09. The first kappa shape index (κ1) is 13.1. The van der Waals surface area contributed by atoms with E-state index in [0.29, 0.717) is 5.69 Å². The first-order chi connectivity index (χ1) is 8.95. The van der Waals surface area contributed by atoms with Crippen molar-refractivity contribution in [1.29, 1.82) is 0 Å². The summed E-state index contributed by atoms with van der Waals surface area (Å²) in [5, 5.41) is 6.74. The van der Waals surface area contributed by atoms with Crippen molar-refractivity contribution in [3.63, 3.8) is 0 Å². The van der Waals surface area contributed by atoms with Gasteiger partial charge in [-0.15, -0.1) is 0 Å². The summed E-state index contributed by atoms with van der Waals surface area (Å²) < 4.78 is 14.9. The van der Waals surface area contributed by atoms with Gasteiger partial charge in [0, 0.05) is 23.5 Å². The Morgan fingerprint density at radius 1 is 1.42 bits per heavy atom. The molecule has 1 aromatic heterocycles. The molecule has 0 fully saturated rings. The number of benzene rings is 1. The largest absolute Gasteiger partial charge is 0.399 e. The monoisotopic (exact) mass is 262 g/mol. The van der Waals surface area contributed by atoms with Crippen molar-refractivity contribution in [2.45, 2.75) is 19.9 Å². The molecule has 2 aromatic rings. The van der Waals surface area contributed by atoms with Gasteiger partial charge >= 0.3 is 0 Å². The number of anilines is 2. The number of carbonyl (C=O) groups is 1. The van der Waals surface area contributed by atoms with E-state index in [1.54, 1.807) is 17.1 Å². The molecule has 0 saturated carbocycles. The minimum absolute atomic E-state index is 0.176. The summed E-state index contributed by atoms with van der Waals surface area (Å²) >= 11 is 0. The maximum atomic E-state index is 13.2. The third-order valence-corrected chi connectivity index (χ3v) is 2.57. The van der Waals surface area contributed by atoms with Crippen LogP contribution in [0.3, 0.4) is 0 Å². The van der Waals surface area contributed by atoms with Crippen LogP contribution in [0.5, 0.6) is 0 Å². The lowest BCUT2D eigenvalue weighted by molar-refractivity contribution is 0.102. The Labute approximate surface area is 110 Å². The number of carbonyl (C=O) groups excluding carboxylic acids is 1. The molecule has 0 aliphatic heterocycles. The van der Waals surface area contributed by atoms with Gasteiger partial charge in [0.25, 0.3) is 5.91 Å². The fraction of sp³-hybridized carbons (Fsp3) is 0.231. The summed E-state index contributed by atoms with van der Waals surface area (Å²) in [4.78, 5) is 11.9. The van der Waals surface area contributed by atoms with Gasteiger partial charge in [0.05, 0.1) is 11.9 Å². The molecular formula is C13H15FN4O. The van der Waals surface area contributed by atoms with Gasteiger partial charge in [0.2, 0.25) is 0 Å². The molecule has 0 radical (unpaired) electrons. The molecule has 2 rings (SSSR count). The Hall–Kier alpha value is -2.37. The first-order valence-corrected chi connectivity index (χ1v) is 5.87. The summed E-state index contributed by atoms with van der Waals surface area (Å²) in [6.45, 7) is 3.96. The van der Waals surface area contributed by atoms with E-state index in [2.05, 4.69) is 10.4 Å². The quantitative estimate of drug-likeness (QED) is 0.834. The van der Waals surface area contributed by atoms with Gasteiger partial charge in [-0.05, 0) is 32.0 Å². The third-order valence-electron chi connectivity index (χ3n) is 2.57. The van der Waals surface area contributed by atoms with Gasteiger partial charge in [-0.3, -0.25) is 9.48 Å². The maximum absolute atomic E-state index is 13.2. The summed E-state index contributed by atoms with van der Waals surface area (Å²) in [6, 6.07) is 3.92. The fourth-order valence-corrected chi connectivity index (χ4v) is 1.63. The molecule has 19 heavy (non-hydrogen) atoms. The molecule has 1 amide bonds. The lowest BCUT2D eigenvalue weighted by Gasteiger charge is -2.05. The van der Waals surface area contributed by atoms with Crippen molar-refractivity contribution in [1.82, 2.24) is 9.78 Å². The van der Waals surface area contributed by atoms with Gasteiger partial charge in [-0.2, -0.15) is 5.10 Å². The molecule has 5 nitrogen and oxygen atoms in total. The molecular weight excluding hydrogens is 247 g/mol. The number of amides is 1. The smallest absolute Gasteiger partial charge is 0.255 e. The van der Waals surface area contributed by atoms with Gasteiger partial charge < -0.3 is 11.1 Å². The number of nitrogens with zero attached hydrogens (tertiary/aromatic N) is 2. The van der Waals surface area contributed by atoms with Gasteiger partial charge in [-0.25, -0.2) is 4.39 Å². The molecule has 0 atom stereocenters. The second kappa shape index (κ2) is 5.09. The lowest BCUT2D eigenvalue weighted by Crippen LogP contribution is -2.12. The summed E-state index contributed by atoms with van der Waals surface area (Å²) in [6.07, 6.45) is 3.26. The minimum atomic E-state index is -0.539. The number of rotatable bonds is 3. The van der Waals surface area contributed by atoms with Gasteiger partial charge in [0.1, 0.15) is 5.82 Å². The summed E-state index contributed by atoms with van der Waals surface area (Å²) in [5.74, 6) is -0.961. The maximum Gasteiger partial charge on any atom is 0.255 e. The van der Waals surface area contributed by atoms with Crippen LogP contribution in [0, 0.1) is 5.82 Å². The molecule has 0 spiro atoms. The molecule has 0 saturated heterocycles. The Morgan fingerprint density at radius 2 is 2.16 bits per heavy atom. The molecule has 0 unspecified atom stereocenters. The number of nitrogens with two attached hydrogens (primary N) is 1. The average Bonchev–Trinajstić information content (AvgIpc) is 2.76. The van der Waals surface area contributed by atoms with E-state index < -0.39 is 11.7 Å². The van der Waals surface area contributed by atoms with E-state index in [-0.39, 0.29) is 17.3 Å². The molecule has 0 aliphatic carbocycles. The second-order valence-corrected chi connectivity index (χ2v) is 4.53. The lowest BCUT2D eigenvalue weighted by atomic mass is 10.2. The van der Waals surface area contributed by atoms with E-state index in [4.69, 9.17) is 5.73 Å². The molecule has 1 aromatic carbocycles. The number of halogens is 1. The summed E-state index contributed by atoms with van der Waals surface area (Å²) in [5.41, 5.74) is 6.44. The van der Waals surface area contributed by atoms with Gasteiger partial charge in [0.15, 0.2) is 0 Å². The number of hydrogen-bond acceptors (Lipinski definition) is 3. The van der Waals surface area contributed by atoms with E-state index >= 15 is 0 Å². The minimum Gasteiger partial charge on any atom is -0.399 e. The Bertz CT molecular complexity index is 586. The van der Waals surface area contributed by atoms with E-state index in [0.717, 1.165) is 12.1 Å². The summed E-state index contributed by atoms with van der Waals surface area (Å²) in [7, 11) is 0. The first-order valence-electron chi connectivity index (χ1n) is 5.87. The van der Waals surface area contributed by atoms with Crippen LogP contribution in [0.25, 0.3) is 0 Å². The van der Waals surface area contributed by atoms with Crippen molar-refractivity contribution in [2.24, 2.45) is 0 Å². The Balaban J connectivity index is 2.15. The molecule has 6 heteroatoms. The predicted molar refractivity (Wildman–Crippen MR) is 71.4 cm³/mol. The van der Waals surface area contributed by atoms with Crippen LogP contribution in [0.1, 0.15) is 30.2 Å². The molecule has 0 aliphatic rings. The van der Waals surface area contributed by atoms with Crippen LogP contribution >= 0.6 is 0 Å². The predicted octanol–water partition coefficient (Wildman–Crippen LogP) is 2.44. The highest BCUT2D eigenvalue weighted by atomic mass is 19.1. The molecule has 100 valence electrons. The zero-order chi connectivity index (χ0) is 14.0.